The van der Waals surface area contributed by atoms with Gasteiger partial charge in [0.25, 0.3) is 0 Å². The van der Waals surface area contributed by atoms with E-state index in [-0.39, 0.29) is 31.1 Å². The number of hydrogen-bond donors (Lipinski definition) is 0. The van der Waals surface area contributed by atoms with Crippen molar-refractivity contribution >= 4 is 17.9 Å². The molecule has 0 aromatic rings. The Morgan fingerprint density at radius 1 is 0.266 bits per heavy atom. The molecule has 6 nitrogen and oxygen atoms in total. The molecular weight excluding hydrogens is 973 g/mol. The summed E-state index contributed by atoms with van der Waals surface area (Å²) in [5.74, 6) is -0.909. The van der Waals surface area contributed by atoms with Crippen LogP contribution in [0.3, 0.4) is 0 Å². The molecule has 1 atom stereocenters. The molecule has 0 amide bonds. The first-order chi connectivity index (χ1) is 39.0. The van der Waals surface area contributed by atoms with Crippen LogP contribution in [0, 0.1) is 0 Å². The molecule has 0 fully saturated rings. The van der Waals surface area contributed by atoms with Crippen molar-refractivity contribution in [3.05, 3.63) is 122 Å². The highest BCUT2D eigenvalue weighted by Crippen LogP contribution is 2.16. The zero-order valence-electron chi connectivity index (χ0n) is 51.6. The molecule has 0 saturated carbocycles. The number of carbonyl (C=O) groups excluding carboxylic acids is 3. The van der Waals surface area contributed by atoms with Gasteiger partial charge >= 0.3 is 17.9 Å². The smallest absolute Gasteiger partial charge is 0.306 e. The van der Waals surface area contributed by atoms with Gasteiger partial charge in [0, 0.05) is 19.3 Å². The maximum absolute atomic E-state index is 12.9. The molecule has 0 rings (SSSR count). The predicted octanol–water partition coefficient (Wildman–Crippen LogP) is 22.8. The van der Waals surface area contributed by atoms with Gasteiger partial charge in [-0.1, -0.05) is 296 Å². The van der Waals surface area contributed by atoms with Gasteiger partial charge in [-0.05, 0) is 109 Å². The van der Waals surface area contributed by atoms with Crippen LogP contribution in [0.4, 0.5) is 0 Å². The summed E-state index contributed by atoms with van der Waals surface area (Å²) < 4.78 is 16.9. The van der Waals surface area contributed by atoms with E-state index in [1.54, 1.807) is 0 Å². The Hall–Kier alpha value is -4.19. The minimum atomic E-state index is -0.795. The number of ether oxygens (including phenoxy) is 3. The van der Waals surface area contributed by atoms with Gasteiger partial charge in [-0.15, -0.1) is 0 Å². The average Bonchev–Trinajstić information content (AvgIpc) is 3.45. The molecular formula is C73H122O6. The highest BCUT2D eigenvalue weighted by molar-refractivity contribution is 5.71. The first-order valence-electron chi connectivity index (χ1n) is 33.0. The zero-order valence-corrected chi connectivity index (χ0v) is 51.6. The largest absolute Gasteiger partial charge is 0.462 e. The number of rotatable bonds is 59. The van der Waals surface area contributed by atoms with Crippen LogP contribution >= 0.6 is 0 Å². The third-order valence-corrected chi connectivity index (χ3v) is 14.0. The van der Waals surface area contributed by atoms with Gasteiger partial charge in [-0.3, -0.25) is 14.4 Å². The normalized spacial score (nSPS) is 12.9. The molecule has 6 heteroatoms. The third kappa shape index (κ3) is 64.5. The Morgan fingerprint density at radius 3 is 0.772 bits per heavy atom. The monoisotopic (exact) mass is 1090 g/mol. The number of esters is 3. The van der Waals surface area contributed by atoms with E-state index in [0.717, 1.165) is 148 Å². The van der Waals surface area contributed by atoms with Crippen LogP contribution in [0.25, 0.3) is 0 Å². The van der Waals surface area contributed by atoms with E-state index in [9.17, 15) is 14.4 Å². The van der Waals surface area contributed by atoms with Gasteiger partial charge in [0.2, 0.25) is 0 Å². The Kier molecular flexibility index (Phi) is 62.8. The van der Waals surface area contributed by atoms with Crippen LogP contribution in [-0.4, -0.2) is 37.2 Å². The van der Waals surface area contributed by atoms with Crippen LogP contribution in [0.15, 0.2) is 122 Å². The van der Waals surface area contributed by atoms with Crippen LogP contribution in [0.2, 0.25) is 0 Å². The standard InChI is InChI=1S/C73H122O6/c1-4-7-10-13-16-19-22-25-28-31-32-33-34-35-36-37-38-39-40-43-45-48-51-54-57-60-63-66-72(75)78-69-70(79-73(76)67-64-61-58-55-52-49-46-42-30-27-24-21-18-15-12-9-6-3)68-77-71(74)65-62-59-56-53-50-47-44-41-29-26-23-20-17-14-11-8-5-2/h7,9-10,12,16,18-19,21,25,27-28,30,32-33,35-36,38-39,43,45,70H,4-6,8,11,13-15,17,20,22-24,26,29,31,34,37,40-42,44,46-69H2,1-3H3/b10-7-,12-9-,19-16-,21-18-,28-25-,30-27-,33-32-,36-35-,39-38-,45-43-. The first-order valence-corrected chi connectivity index (χ1v) is 33.0. The van der Waals surface area contributed by atoms with Crippen molar-refractivity contribution in [1.82, 2.24) is 0 Å². The Bertz CT molecular complexity index is 1640. The summed E-state index contributed by atoms with van der Waals surface area (Å²) in [6, 6.07) is 0. The predicted molar refractivity (Wildman–Crippen MR) is 343 cm³/mol. The van der Waals surface area contributed by atoms with Crippen molar-refractivity contribution in [2.45, 2.75) is 309 Å². The highest BCUT2D eigenvalue weighted by atomic mass is 16.6. The quantitative estimate of drug-likeness (QED) is 0.0261. The molecule has 1 unspecified atom stereocenters. The lowest BCUT2D eigenvalue weighted by molar-refractivity contribution is -0.167. The van der Waals surface area contributed by atoms with E-state index in [4.69, 9.17) is 14.2 Å². The summed E-state index contributed by atoms with van der Waals surface area (Å²) in [5.41, 5.74) is 0. The van der Waals surface area contributed by atoms with Gasteiger partial charge in [0.15, 0.2) is 6.10 Å². The lowest BCUT2D eigenvalue weighted by Crippen LogP contribution is -2.30. The zero-order chi connectivity index (χ0) is 57.1. The second-order valence-corrected chi connectivity index (χ2v) is 21.6. The third-order valence-electron chi connectivity index (χ3n) is 14.0. The summed E-state index contributed by atoms with van der Waals surface area (Å²) in [6.45, 7) is 6.42. The fraction of sp³-hybridized carbons (Fsp3) is 0.685. The molecule has 0 aliphatic rings. The van der Waals surface area contributed by atoms with Gasteiger partial charge in [-0.2, -0.15) is 0 Å². The van der Waals surface area contributed by atoms with Crippen LogP contribution in [-0.2, 0) is 28.6 Å². The maximum atomic E-state index is 12.9. The number of hydrogen-bond acceptors (Lipinski definition) is 6. The van der Waals surface area contributed by atoms with E-state index in [2.05, 4.69) is 142 Å². The maximum Gasteiger partial charge on any atom is 0.306 e. The van der Waals surface area contributed by atoms with E-state index >= 15 is 0 Å². The van der Waals surface area contributed by atoms with Crippen molar-refractivity contribution in [3.63, 3.8) is 0 Å². The summed E-state index contributed by atoms with van der Waals surface area (Å²) in [6.07, 6.45) is 92.0. The van der Waals surface area contributed by atoms with E-state index in [1.165, 1.54) is 116 Å². The molecule has 0 aliphatic carbocycles. The lowest BCUT2D eigenvalue weighted by atomic mass is 10.0. The Labute approximate surface area is 488 Å². The fourth-order valence-electron chi connectivity index (χ4n) is 9.09. The second-order valence-electron chi connectivity index (χ2n) is 21.6. The van der Waals surface area contributed by atoms with Gasteiger partial charge in [0.1, 0.15) is 13.2 Å². The van der Waals surface area contributed by atoms with Gasteiger partial charge in [-0.25, -0.2) is 0 Å². The Balaban J connectivity index is 4.41. The van der Waals surface area contributed by atoms with Crippen molar-refractivity contribution in [3.8, 4) is 0 Å². The summed E-state index contributed by atoms with van der Waals surface area (Å²) in [4.78, 5) is 38.4. The average molecular weight is 1100 g/mol. The van der Waals surface area contributed by atoms with Crippen LogP contribution in [0.5, 0.6) is 0 Å². The lowest BCUT2D eigenvalue weighted by Gasteiger charge is -2.18. The highest BCUT2D eigenvalue weighted by Gasteiger charge is 2.19. The summed E-state index contributed by atoms with van der Waals surface area (Å²) >= 11 is 0. The fourth-order valence-corrected chi connectivity index (χ4v) is 9.09. The number of carbonyl (C=O) groups is 3. The van der Waals surface area contributed by atoms with E-state index < -0.39 is 6.10 Å². The van der Waals surface area contributed by atoms with Crippen LogP contribution in [0.1, 0.15) is 303 Å². The molecule has 0 radical (unpaired) electrons. The second kappa shape index (κ2) is 66.3. The van der Waals surface area contributed by atoms with Crippen LogP contribution < -0.4 is 0 Å². The Morgan fingerprint density at radius 2 is 0.494 bits per heavy atom. The molecule has 450 valence electrons. The van der Waals surface area contributed by atoms with Crippen molar-refractivity contribution in [1.29, 1.82) is 0 Å². The molecule has 0 saturated heterocycles. The molecule has 0 aromatic heterocycles. The molecule has 79 heavy (non-hydrogen) atoms. The van der Waals surface area contributed by atoms with E-state index in [1.807, 2.05) is 0 Å². The first kappa shape index (κ1) is 74.8. The minimum Gasteiger partial charge on any atom is -0.462 e. The molecule has 0 aliphatic heterocycles. The minimum absolute atomic E-state index is 0.0881. The van der Waals surface area contributed by atoms with Crippen molar-refractivity contribution in [2.24, 2.45) is 0 Å². The van der Waals surface area contributed by atoms with Gasteiger partial charge < -0.3 is 14.2 Å². The van der Waals surface area contributed by atoms with Gasteiger partial charge in [0.05, 0.1) is 0 Å². The molecule has 0 spiro atoms. The summed E-state index contributed by atoms with van der Waals surface area (Å²) in [5, 5.41) is 0. The van der Waals surface area contributed by atoms with E-state index in [0.29, 0.717) is 19.3 Å². The molecule has 0 bridgehead atoms. The SMILES string of the molecule is CC/C=C\C/C=C\C/C=C\C/C=C\C/C=C\C/C=C\C/C=C\CCCCCCCC(=O)OCC(COC(=O)CCCCCCCCCCCCCCCCCCC)OC(=O)CCCCCCCCC/C=C\C/C=C\C/C=C\CC. The summed E-state index contributed by atoms with van der Waals surface area (Å²) in [7, 11) is 0. The van der Waals surface area contributed by atoms with Crippen molar-refractivity contribution in [2.75, 3.05) is 13.2 Å². The number of unbranched alkanes of at least 4 members (excludes halogenated alkanes) is 28. The number of allylic oxidation sites excluding steroid dienone is 20. The molecule has 0 N–H and O–H groups in total. The molecule has 0 heterocycles. The molecule has 0 aromatic carbocycles. The topological polar surface area (TPSA) is 78.9 Å². The van der Waals surface area contributed by atoms with Crippen molar-refractivity contribution < 1.29 is 28.6 Å².